The van der Waals surface area contributed by atoms with E-state index in [2.05, 4.69) is 10.6 Å². The van der Waals surface area contributed by atoms with E-state index in [1.54, 1.807) is 0 Å². The van der Waals surface area contributed by atoms with Crippen LogP contribution in [0.15, 0.2) is 0 Å². The molecule has 0 aromatic heterocycles. The highest BCUT2D eigenvalue weighted by atomic mass is 14.9. The van der Waals surface area contributed by atoms with Gasteiger partial charge in [-0.25, -0.2) is 0 Å². The molecule has 2 nitrogen and oxygen atoms in total. The standard InChI is InChI=1S/C7H16N2/c1-8-5-6-3-7(4-6)9-2/h6-9H,3-5H2,1-2H3/t6-,7+. The van der Waals surface area contributed by atoms with Gasteiger partial charge in [-0.15, -0.1) is 0 Å². The van der Waals surface area contributed by atoms with Crippen LogP contribution in [0.25, 0.3) is 0 Å². The van der Waals surface area contributed by atoms with Crippen LogP contribution >= 0.6 is 0 Å². The Balaban J connectivity index is 1.98. The molecule has 2 heteroatoms. The predicted octanol–water partition coefficient (Wildman–Crippen LogP) is 0.204. The van der Waals surface area contributed by atoms with Crippen LogP contribution in [0.5, 0.6) is 0 Å². The number of rotatable bonds is 3. The third-order valence-electron chi connectivity index (χ3n) is 2.14. The van der Waals surface area contributed by atoms with E-state index in [-0.39, 0.29) is 0 Å². The van der Waals surface area contributed by atoms with Gasteiger partial charge in [0.25, 0.3) is 0 Å². The van der Waals surface area contributed by atoms with Crippen LogP contribution in [-0.4, -0.2) is 26.7 Å². The zero-order valence-corrected chi connectivity index (χ0v) is 6.28. The van der Waals surface area contributed by atoms with E-state index in [1.165, 1.54) is 19.4 Å². The van der Waals surface area contributed by atoms with Crippen molar-refractivity contribution in [2.75, 3.05) is 20.6 Å². The highest BCUT2D eigenvalue weighted by Gasteiger charge is 2.26. The summed E-state index contributed by atoms with van der Waals surface area (Å²) in [4.78, 5) is 0. The topological polar surface area (TPSA) is 24.1 Å². The van der Waals surface area contributed by atoms with E-state index in [0.29, 0.717) is 0 Å². The number of hydrogen-bond donors (Lipinski definition) is 2. The van der Waals surface area contributed by atoms with E-state index >= 15 is 0 Å². The maximum atomic E-state index is 3.26. The first-order chi connectivity index (χ1) is 4.36. The Morgan fingerprint density at radius 2 is 2.00 bits per heavy atom. The second-order valence-corrected chi connectivity index (χ2v) is 2.88. The third-order valence-corrected chi connectivity index (χ3v) is 2.14. The molecule has 1 fully saturated rings. The molecule has 0 atom stereocenters. The molecule has 1 rings (SSSR count). The van der Waals surface area contributed by atoms with E-state index in [0.717, 1.165) is 12.0 Å². The lowest BCUT2D eigenvalue weighted by molar-refractivity contribution is 0.230. The monoisotopic (exact) mass is 128 g/mol. The Bertz CT molecular complexity index is 77.0. The first kappa shape index (κ1) is 7.03. The molecular formula is C7H16N2. The van der Waals surface area contributed by atoms with Crippen molar-refractivity contribution < 1.29 is 0 Å². The van der Waals surface area contributed by atoms with E-state index in [9.17, 15) is 0 Å². The molecule has 0 bridgehead atoms. The second-order valence-electron chi connectivity index (χ2n) is 2.88. The molecule has 2 N–H and O–H groups in total. The van der Waals surface area contributed by atoms with Crippen LogP contribution in [0.2, 0.25) is 0 Å². The van der Waals surface area contributed by atoms with Gasteiger partial charge in [-0.3, -0.25) is 0 Å². The van der Waals surface area contributed by atoms with Gasteiger partial charge in [0.15, 0.2) is 0 Å². The Labute approximate surface area is 57.0 Å². The van der Waals surface area contributed by atoms with Crippen molar-refractivity contribution in [3.63, 3.8) is 0 Å². The van der Waals surface area contributed by atoms with Crippen LogP contribution in [0, 0.1) is 5.92 Å². The van der Waals surface area contributed by atoms with Crippen molar-refractivity contribution in [3.05, 3.63) is 0 Å². The van der Waals surface area contributed by atoms with E-state index < -0.39 is 0 Å². The summed E-state index contributed by atoms with van der Waals surface area (Å²) < 4.78 is 0. The summed E-state index contributed by atoms with van der Waals surface area (Å²) in [5.41, 5.74) is 0. The maximum Gasteiger partial charge on any atom is 0.00703 e. The Kier molecular flexibility index (Phi) is 2.49. The summed E-state index contributed by atoms with van der Waals surface area (Å²) >= 11 is 0. The molecule has 0 spiro atoms. The minimum absolute atomic E-state index is 0.809. The third kappa shape index (κ3) is 1.66. The van der Waals surface area contributed by atoms with Gasteiger partial charge in [0.05, 0.1) is 0 Å². The molecule has 0 amide bonds. The summed E-state index contributed by atoms with van der Waals surface area (Å²) in [5.74, 6) is 0.937. The molecule has 0 unspecified atom stereocenters. The van der Waals surface area contributed by atoms with Gasteiger partial charge >= 0.3 is 0 Å². The quantitative estimate of drug-likeness (QED) is 0.567. The molecule has 0 heterocycles. The number of nitrogens with one attached hydrogen (secondary N) is 2. The normalized spacial score (nSPS) is 34.0. The van der Waals surface area contributed by atoms with Crippen molar-refractivity contribution >= 4 is 0 Å². The Morgan fingerprint density at radius 3 is 2.44 bits per heavy atom. The fraction of sp³-hybridized carbons (Fsp3) is 1.00. The van der Waals surface area contributed by atoms with Crippen LogP contribution in [-0.2, 0) is 0 Å². The van der Waals surface area contributed by atoms with Crippen LogP contribution < -0.4 is 10.6 Å². The van der Waals surface area contributed by atoms with Gasteiger partial charge in [0.1, 0.15) is 0 Å². The molecular weight excluding hydrogens is 112 g/mol. The van der Waals surface area contributed by atoms with Crippen molar-refractivity contribution in [2.45, 2.75) is 18.9 Å². The molecule has 0 saturated heterocycles. The lowest BCUT2D eigenvalue weighted by atomic mass is 9.80. The lowest BCUT2D eigenvalue weighted by Gasteiger charge is -2.34. The van der Waals surface area contributed by atoms with Crippen molar-refractivity contribution in [1.29, 1.82) is 0 Å². The second kappa shape index (κ2) is 3.18. The van der Waals surface area contributed by atoms with Gasteiger partial charge in [-0.05, 0) is 39.4 Å². The smallest absolute Gasteiger partial charge is 0.00703 e. The summed E-state index contributed by atoms with van der Waals surface area (Å²) in [6, 6.07) is 0.809. The van der Waals surface area contributed by atoms with Crippen molar-refractivity contribution in [1.82, 2.24) is 10.6 Å². The molecule has 1 saturated carbocycles. The highest BCUT2D eigenvalue weighted by Crippen LogP contribution is 2.25. The minimum atomic E-state index is 0.809. The zero-order chi connectivity index (χ0) is 6.69. The summed E-state index contributed by atoms with van der Waals surface area (Å²) in [6.45, 7) is 1.19. The molecule has 0 aromatic carbocycles. The molecule has 0 radical (unpaired) electrons. The van der Waals surface area contributed by atoms with E-state index in [1.807, 2.05) is 14.1 Å². The van der Waals surface area contributed by atoms with E-state index in [4.69, 9.17) is 0 Å². The molecule has 54 valence electrons. The van der Waals surface area contributed by atoms with Gasteiger partial charge in [-0.1, -0.05) is 0 Å². The summed E-state index contributed by atoms with van der Waals surface area (Å²) in [5, 5.41) is 6.45. The Morgan fingerprint density at radius 1 is 1.33 bits per heavy atom. The minimum Gasteiger partial charge on any atom is -0.319 e. The largest absolute Gasteiger partial charge is 0.319 e. The maximum absolute atomic E-state index is 3.26. The fourth-order valence-corrected chi connectivity index (χ4v) is 1.43. The zero-order valence-electron chi connectivity index (χ0n) is 6.28. The first-order valence-corrected chi connectivity index (χ1v) is 3.68. The van der Waals surface area contributed by atoms with Crippen molar-refractivity contribution in [2.24, 2.45) is 5.92 Å². The Hall–Kier alpha value is -0.0800. The van der Waals surface area contributed by atoms with Gasteiger partial charge in [-0.2, -0.15) is 0 Å². The highest BCUT2D eigenvalue weighted by molar-refractivity contribution is 4.84. The molecule has 0 aromatic rings. The molecule has 9 heavy (non-hydrogen) atoms. The molecule has 1 aliphatic carbocycles. The number of hydrogen-bond acceptors (Lipinski definition) is 2. The molecule has 0 aliphatic heterocycles. The van der Waals surface area contributed by atoms with Crippen LogP contribution in [0.1, 0.15) is 12.8 Å². The lowest BCUT2D eigenvalue weighted by Crippen LogP contribution is -2.42. The first-order valence-electron chi connectivity index (χ1n) is 3.68. The van der Waals surface area contributed by atoms with Crippen LogP contribution in [0.3, 0.4) is 0 Å². The van der Waals surface area contributed by atoms with Crippen molar-refractivity contribution in [3.8, 4) is 0 Å². The SMILES string of the molecule is CNC[C@H]1C[C@@H](NC)C1. The summed E-state index contributed by atoms with van der Waals surface area (Å²) in [7, 11) is 4.06. The van der Waals surface area contributed by atoms with Crippen LogP contribution in [0.4, 0.5) is 0 Å². The average Bonchev–Trinajstić information content (AvgIpc) is 1.77. The predicted molar refractivity (Wildman–Crippen MR) is 39.5 cm³/mol. The summed E-state index contributed by atoms with van der Waals surface area (Å²) in [6.07, 6.45) is 2.72. The molecule has 1 aliphatic rings. The average molecular weight is 128 g/mol. The van der Waals surface area contributed by atoms with Gasteiger partial charge in [0, 0.05) is 6.04 Å². The van der Waals surface area contributed by atoms with Gasteiger partial charge in [0.2, 0.25) is 0 Å². The fourth-order valence-electron chi connectivity index (χ4n) is 1.43. The van der Waals surface area contributed by atoms with Gasteiger partial charge < -0.3 is 10.6 Å².